The Kier molecular flexibility index (Phi) is 4.40. The van der Waals surface area contributed by atoms with Crippen LogP contribution in [0.3, 0.4) is 0 Å². The van der Waals surface area contributed by atoms with Crippen molar-refractivity contribution in [3.05, 3.63) is 34.9 Å². The van der Waals surface area contributed by atoms with Crippen molar-refractivity contribution < 1.29 is 4.74 Å². The van der Waals surface area contributed by atoms with Crippen molar-refractivity contribution in [3.63, 3.8) is 0 Å². The van der Waals surface area contributed by atoms with Gasteiger partial charge in [-0.15, -0.1) is 0 Å². The third-order valence-corrected chi connectivity index (χ3v) is 3.54. The minimum Gasteiger partial charge on any atom is -0.376 e. The fourth-order valence-electron chi connectivity index (χ4n) is 2.35. The summed E-state index contributed by atoms with van der Waals surface area (Å²) >= 11 is 6.24. The maximum absolute atomic E-state index is 6.24. The summed E-state index contributed by atoms with van der Waals surface area (Å²) in [4.78, 5) is 2.36. The van der Waals surface area contributed by atoms with Crippen molar-refractivity contribution in [2.75, 3.05) is 26.2 Å². The highest BCUT2D eigenvalue weighted by atomic mass is 35.5. The van der Waals surface area contributed by atoms with Gasteiger partial charge in [0.15, 0.2) is 0 Å². The van der Waals surface area contributed by atoms with Crippen molar-refractivity contribution in [2.24, 2.45) is 5.73 Å². The van der Waals surface area contributed by atoms with E-state index >= 15 is 0 Å². The molecule has 4 heteroatoms. The molecule has 3 nitrogen and oxygen atoms in total. The molecule has 0 radical (unpaired) electrons. The minimum absolute atomic E-state index is 0.190. The predicted octanol–water partition coefficient (Wildman–Crippen LogP) is 2.06. The smallest absolute Gasteiger partial charge is 0.0674 e. The molecule has 1 aromatic carbocycles. The third kappa shape index (κ3) is 2.99. The summed E-state index contributed by atoms with van der Waals surface area (Å²) in [6.45, 7) is 5.26. The zero-order chi connectivity index (χ0) is 12.3. The Balaban J connectivity index is 2.18. The van der Waals surface area contributed by atoms with Crippen LogP contribution in [0, 0.1) is 0 Å². The summed E-state index contributed by atoms with van der Waals surface area (Å²) in [5, 5.41) is 0.794. The Labute approximate surface area is 107 Å². The van der Waals surface area contributed by atoms with E-state index in [1.54, 1.807) is 0 Å². The summed E-state index contributed by atoms with van der Waals surface area (Å²) in [5.74, 6) is 0. The van der Waals surface area contributed by atoms with E-state index < -0.39 is 0 Å². The molecule has 1 fully saturated rings. The van der Waals surface area contributed by atoms with Crippen LogP contribution < -0.4 is 5.73 Å². The topological polar surface area (TPSA) is 38.5 Å². The summed E-state index contributed by atoms with van der Waals surface area (Å²) < 4.78 is 5.55. The fraction of sp³-hybridized carbons (Fsp3) is 0.538. The number of rotatable bonds is 3. The highest BCUT2D eigenvalue weighted by Crippen LogP contribution is 2.27. The molecule has 2 rings (SSSR count). The summed E-state index contributed by atoms with van der Waals surface area (Å²) in [6, 6.07) is 8.12. The average Bonchev–Trinajstić information content (AvgIpc) is 2.33. The lowest BCUT2D eigenvalue weighted by atomic mass is 10.0. The van der Waals surface area contributed by atoms with E-state index in [9.17, 15) is 0 Å². The molecule has 2 atom stereocenters. The van der Waals surface area contributed by atoms with Crippen LogP contribution >= 0.6 is 11.6 Å². The van der Waals surface area contributed by atoms with Crippen LogP contribution in [0.5, 0.6) is 0 Å². The van der Waals surface area contributed by atoms with Gasteiger partial charge in [0.1, 0.15) is 0 Å². The van der Waals surface area contributed by atoms with Crippen LogP contribution in [-0.4, -0.2) is 37.2 Å². The van der Waals surface area contributed by atoms with E-state index in [2.05, 4.69) is 17.9 Å². The van der Waals surface area contributed by atoms with Gasteiger partial charge in [0.05, 0.1) is 12.7 Å². The molecule has 0 spiro atoms. The molecule has 0 aliphatic carbocycles. The molecule has 0 saturated carbocycles. The second-order valence-corrected chi connectivity index (χ2v) is 4.86. The lowest BCUT2D eigenvalue weighted by Crippen LogP contribution is -2.45. The first kappa shape index (κ1) is 12.8. The van der Waals surface area contributed by atoms with E-state index in [1.165, 1.54) is 0 Å². The Morgan fingerprint density at radius 2 is 2.29 bits per heavy atom. The lowest BCUT2D eigenvalue weighted by Gasteiger charge is -2.37. The molecular weight excluding hydrogens is 236 g/mol. The SMILES string of the molecule is CC1CN(C(CN)c2ccccc2Cl)CCO1. The molecule has 1 aliphatic rings. The summed E-state index contributed by atoms with van der Waals surface area (Å²) in [7, 11) is 0. The number of hydrogen-bond donors (Lipinski definition) is 1. The number of halogens is 1. The molecule has 2 N–H and O–H groups in total. The van der Waals surface area contributed by atoms with E-state index in [0.717, 1.165) is 30.3 Å². The van der Waals surface area contributed by atoms with Crippen LogP contribution in [0.15, 0.2) is 24.3 Å². The standard InChI is InChI=1S/C13H19ClN2O/c1-10-9-16(6-7-17-10)13(8-15)11-4-2-3-5-12(11)14/h2-5,10,13H,6-9,15H2,1H3. The molecule has 2 unspecified atom stereocenters. The quantitative estimate of drug-likeness (QED) is 0.898. The minimum atomic E-state index is 0.190. The Morgan fingerprint density at radius 3 is 2.94 bits per heavy atom. The van der Waals surface area contributed by atoms with Gasteiger partial charge in [0.2, 0.25) is 0 Å². The maximum atomic E-state index is 6.24. The van der Waals surface area contributed by atoms with Crippen LogP contribution in [-0.2, 0) is 4.74 Å². The van der Waals surface area contributed by atoms with Crippen molar-refractivity contribution in [3.8, 4) is 0 Å². The fourth-order valence-corrected chi connectivity index (χ4v) is 2.61. The monoisotopic (exact) mass is 254 g/mol. The zero-order valence-electron chi connectivity index (χ0n) is 10.1. The van der Waals surface area contributed by atoms with Gasteiger partial charge < -0.3 is 10.5 Å². The number of benzene rings is 1. The highest BCUT2D eigenvalue weighted by Gasteiger charge is 2.25. The number of nitrogens with two attached hydrogens (primary N) is 1. The third-order valence-electron chi connectivity index (χ3n) is 3.20. The van der Waals surface area contributed by atoms with Gasteiger partial charge in [-0.3, -0.25) is 4.90 Å². The van der Waals surface area contributed by atoms with E-state index in [-0.39, 0.29) is 12.1 Å². The van der Waals surface area contributed by atoms with Crippen molar-refractivity contribution in [1.82, 2.24) is 4.90 Å². The molecule has 1 aliphatic heterocycles. The first-order valence-electron chi connectivity index (χ1n) is 6.02. The highest BCUT2D eigenvalue weighted by molar-refractivity contribution is 6.31. The molecule has 1 heterocycles. The molecule has 17 heavy (non-hydrogen) atoms. The molecule has 0 bridgehead atoms. The predicted molar refractivity (Wildman–Crippen MR) is 70.2 cm³/mol. The van der Waals surface area contributed by atoms with Gasteiger partial charge >= 0.3 is 0 Å². The van der Waals surface area contributed by atoms with Gasteiger partial charge in [-0.1, -0.05) is 29.8 Å². The summed E-state index contributed by atoms with van der Waals surface area (Å²) in [5.41, 5.74) is 7.03. The molecule has 0 amide bonds. The van der Waals surface area contributed by atoms with Crippen LogP contribution in [0.25, 0.3) is 0 Å². The lowest BCUT2D eigenvalue weighted by molar-refractivity contribution is -0.0332. The van der Waals surface area contributed by atoms with E-state index in [4.69, 9.17) is 22.1 Å². The normalized spacial score (nSPS) is 23.6. The molecule has 1 aromatic rings. The van der Waals surface area contributed by atoms with Crippen LogP contribution in [0.1, 0.15) is 18.5 Å². The van der Waals surface area contributed by atoms with Crippen LogP contribution in [0.2, 0.25) is 5.02 Å². The number of nitrogens with zero attached hydrogens (tertiary/aromatic N) is 1. The molecule has 0 aromatic heterocycles. The molecular formula is C13H19ClN2O. The second-order valence-electron chi connectivity index (χ2n) is 4.45. The average molecular weight is 255 g/mol. The second kappa shape index (κ2) is 5.83. The largest absolute Gasteiger partial charge is 0.376 e. The Bertz CT molecular complexity index is 372. The first-order valence-corrected chi connectivity index (χ1v) is 6.40. The van der Waals surface area contributed by atoms with Gasteiger partial charge in [-0.05, 0) is 18.6 Å². The number of ether oxygens (including phenoxy) is 1. The van der Waals surface area contributed by atoms with Crippen molar-refractivity contribution in [1.29, 1.82) is 0 Å². The van der Waals surface area contributed by atoms with Crippen LogP contribution in [0.4, 0.5) is 0 Å². The first-order chi connectivity index (χ1) is 8.22. The maximum Gasteiger partial charge on any atom is 0.0674 e. The molecule has 1 saturated heterocycles. The zero-order valence-corrected chi connectivity index (χ0v) is 10.9. The van der Waals surface area contributed by atoms with Crippen molar-refractivity contribution >= 4 is 11.6 Å². The Hall–Kier alpha value is -0.610. The van der Waals surface area contributed by atoms with Gasteiger partial charge in [0, 0.05) is 30.7 Å². The number of morpholine rings is 1. The summed E-state index contributed by atoms with van der Waals surface area (Å²) in [6.07, 6.45) is 0.264. The van der Waals surface area contributed by atoms with Gasteiger partial charge in [0.25, 0.3) is 0 Å². The van der Waals surface area contributed by atoms with E-state index in [1.807, 2.05) is 18.2 Å². The Morgan fingerprint density at radius 1 is 1.53 bits per heavy atom. The molecule has 94 valence electrons. The van der Waals surface area contributed by atoms with Crippen molar-refractivity contribution in [2.45, 2.75) is 19.1 Å². The van der Waals surface area contributed by atoms with Gasteiger partial charge in [-0.25, -0.2) is 0 Å². The number of hydrogen-bond acceptors (Lipinski definition) is 3. The van der Waals surface area contributed by atoms with Gasteiger partial charge in [-0.2, -0.15) is 0 Å². The van der Waals surface area contributed by atoms with E-state index in [0.29, 0.717) is 6.54 Å².